The average Bonchev–Trinajstić information content (AvgIpc) is 3.10. The number of fused-ring (bicyclic) bond motifs is 1. The van der Waals surface area contributed by atoms with Crippen molar-refractivity contribution in [3.8, 4) is 0 Å². The molecular weight excluding hydrogens is 358 g/mol. The van der Waals surface area contributed by atoms with Crippen molar-refractivity contribution in [1.29, 1.82) is 0 Å². The molecule has 0 fully saturated rings. The number of para-hydroxylation sites is 2. The van der Waals surface area contributed by atoms with Gasteiger partial charge in [-0.05, 0) is 41.3 Å². The number of nitrogens with one attached hydrogen (secondary N) is 1. The van der Waals surface area contributed by atoms with Gasteiger partial charge in [-0.25, -0.2) is 4.98 Å². The van der Waals surface area contributed by atoms with E-state index in [0.29, 0.717) is 18.0 Å². The van der Waals surface area contributed by atoms with E-state index in [4.69, 9.17) is 4.98 Å². The minimum atomic E-state index is -0.0921. The third-order valence-electron chi connectivity index (χ3n) is 5.16. The Morgan fingerprint density at radius 3 is 2.34 bits per heavy atom. The summed E-state index contributed by atoms with van der Waals surface area (Å²) < 4.78 is 2.19. The maximum Gasteiger partial charge on any atom is 0.251 e. The molecule has 0 saturated heterocycles. The van der Waals surface area contributed by atoms with Gasteiger partial charge in [0.25, 0.3) is 5.91 Å². The fourth-order valence-electron chi connectivity index (χ4n) is 3.48. The van der Waals surface area contributed by atoms with Crippen LogP contribution < -0.4 is 5.32 Å². The van der Waals surface area contributed by atoms with Gasteiger partial charge in [-0.15, -0.1) is 0 Å². The highest BCUT2D eigenvalue weighted by Crippen LogP contribution is 2.20. The lowest BCUT2D eigenvalue weighted by atomic mass is 10.0. The van der Waals surface area contributed by atoms with Gasteiger partial charge in [0, 0.05) is 12.1 Å². The first-order valence-electron chi connectivity index (χ1n) is 9.98. The van der Waals surface area contributed by atoms with Gasteiger partial charge in [-0.3, -0.25) is 4.79 Å². The Labute approximate surface area is 171 Å². The van der Waals surface area contributed by atoms with Crippen LogP contribution in [0.2, 0.25) is 0 Å². The fourth-order valence-corrected chi connectivity index (χ4v) is 3.48. The van der Waals surface area contributed by atoms with E-state index in [0.717, 1.165) is 23.4 Å². The van der Waals surface area contributed by atoms with Crippen LogP contribution in [0.1, 0.15) is 47.1 Å². The summed E-state index contributed by atoms with van der Waals surface area (Å²) in [6.45, 7) is 5.50. The van der Waals surface area contributed by atoms with Gasteiger partial charge < -0.3 is 9.88 Å². The predicted octanol–water partition coefficient (Wildman–Crippen LogP) is 5.14. The van der Waals surface area contributed by atoms with E-state index >= 15 is 0 Å². The normalized spacial score (nSPS) is 11.1. The molecule has 1 aromatic heterocycles. The Morgan fingerprint density at radius 1 is 0.931 bits per heavy atom. The van der Waals surface area contributed by atoms with Crippen molar-refractivity contribution in [3.05, 3.63) is 101 Å². The number of carbonyl (C=O) groups is 1. The van der Waals surface area contributed by atoms with E-state index in [1.807, 2.05) is 48.5 Å². The molecule has 0 aliphatic heterocycles. The second-order valence-electron chi connectivity index (χ2n) is 7.55. The summed E-state index contributed by atoms with van der Waals surface area (Å²) in [4.78, 5) is 17.2. The van der Waals surface area contributed by atoms with E-state index in [-0.39, 0.29) is 5.91 Å². The Bertz CT molecular complexity index is 1110. The SMILES string of the molecule is CC(C)c1ccc(Cn2c(CNC(=O)c3ccccc3)nc3ccccc32)cc1. The Kier molecular flexibility index (Phi) is 5.43. The molecule has 4 nitrogen and oxygen atoms in total. The van der Waals surface area contributed by atoms with E-state index in [1.165, 1.54) is 11.1 Å². The number of aromatic nitrogens is 2. The molecule has 1 amide bonds. The van der Waals surface area contributed by atoms with Crippen molar-refractivity contribution in [2.45, 2.75) is 32.9 Å². The Morgan fingerprint density at radius 2 is 1.62 bits per heavy atom. The summed E-state index contributed by atoms with van der Waals surface area (Å²) in [5.41, 5.74) is 5.21. The molecular formula is C25H25N3O. The Balaban J connectivity index is 1.59. The van der Waals surface area contributed by atoms with Crippen LogP contribution in [-0.2, 0) is 13.1 Å². The largest absolute Gasteiger partial charge is 0.345 e. The highest BCUT2D eigenvalue weighted by Gasteiger charge is 2.13. The van der Waals surface area contributed by atoms with E-state index in [2.05, 4.69) is 54.1 Å². The average molecular weight is 383 g/mol. The molecule has 0 aliphatic rings. The second-order valence-corrected chi connectivity index (χ2v) is 7.55. The third kappa shape index (κ3) is 4.21. The lowest BCUT2D eigenvalue weighted by Gasteiger charge is -2.12. The van der Waals surface area contributed by atoms with Gasteiger partial charge in [-0.1, -0.05) is 68.4 Å². The summed E-state index contributed by atoms with van der Waals surface area (Å²) in [6.07, 6.45) is 0. The number of imidazole rings is 1. The molecule has 3 aromatic carbocycles. The van der Waals surface area contributed by atoms with Crippen LogP contribution in [-0.4, -0.2) is 15.5 Å². The molecule has 4 rings (SSSR count). The van der Waals surface area contributed by atoms with Gasteiger partial charge in [0.1, 0.15) is 5.82 Å². The van der Waals surface area contributed by atoms with Crippen LogP contribution in [0.25, 0.3) is 11.0 Å². The first-order chi connectivity index (χ1) is 14.1. The van der Waals surface area contributed by atoms with Crippen molar-refractivity contribution < 1.29 is 4.79 Å². The summed E-state index contributed by atoms with van der Waals surface area (Å²) >= 11 is 0. The van der Waals surface area contributed by atoms with Crippen molar-refractivity contribution in [1.82, 2.24) is 14.9 Å². The molecule has 1 heterocycles. The smallest absolute Gasteiger partial charge is 0.251 e. The molecule has 146 valence electrons. The fraction of sp³-hybridized carbons (Fsp3) is 0.200. The zero-order valence-corrected chi connectivity index (χ0v) is 16.8. The summed E-state index contributed by atoms with van der Waals surface area (Å²) in [5, 5.41) is 3.00. The summed E-state index contributed by atoms with van der Waals surface area (Å²) in [6, 6.07) is 26.1. The number of amides is 1. The molecule has 0 spiro atoms. The van der Waals surface area contributed by atoms with E-state index < -0.39 is 0 Å². The standard InChI is InChI=1S/C25H25N3O/c1-18(2)20-14-12-19(13-15-20)17-28-23-11-7-6-10-22(23)27-24(28)16-26-25(29)21-8-4-3-5-9-21/h3-15,18H,16-17H2,1-2H3,(H,26,29). The summed E-state index contributed by atoms with van der Waals surface area (Å²) in [5.74, 6) is 1.27. The molecule has 4 aromatic rings. The van der Waals surface area contributed by atoms with Gasteiger partial charge in [0.15, 0.2) is 0 Å². The zero-order valence-electron chi connectivity index (χ0n) is 16.8. The number of carbonyl (C=O) groups excluding carboxylic acids is 1. The number of benzene rings is 3. The van der Waals surface area contributed by atoms with Crippen LogP contribution in [0.5, 0.6) is 0 Å². The molecule has 0 saturated carbocycles. The van der Waals surface area contributed by atoms with Crippen LogP contribution in [0.4, 0.5) is 0 Å². The van der Waals surface area contributed by atoms with Crippen molar-refractivity contribution in [3.63, 3.8) is 0 Å². The van der Waals surface area contributed by atoms with Crippen molar-refractivity contribution in [2.75, 3.05) is 0 Å². The predicted molar refractivity (Wildman–Crippen MR) is 117 cm³/mol. The lowest BCUT2D eigenvalue weighted by molar-refractivity contribution is 0.0949. The highest BCUT2D eigenvalue weighted by molar-refractivity contribution is 5.94. The quantitative estimate of drug-likeness (QED) is 0.501. The van der Waals surface area contributed by atoms with Crippen LogP contribution in [0, 0.1) is 0 Å². The monoisotopic (exact) mass is 383 g/mol. The number of rotatable bonds is 6. The maximum absolute atomic E-state index is 12.5. The van der Waals surface area contributed by atoms with Gasteiger partial charge in [0.05, 0.1) is 17.6 Å². The van der Waals surface area contributed by atoms with Crippen LogP contribution >= 0.6 is 0 Å². The molecule has 1 N–H and O–H groups in total. The first kappa shape index (κ1) is 18.9. The molecule has 0 unspecified atom stereocenters. The van der Waals surface area contributed by atoms with E-state index in [1.54, 1.807) is 0 Å². The maximum atomic E-state index is 12.5. The summed E-state index contributed by atoms with van der Waals surface area (Å²) in [7, 11) is 0. The van der Waals surface area contributed by atoms with Gasteiger partial charge >= 0.3 is 0 Å². The molecule has 0 radical (unpaired) electrons. The number of hydrogen-bond donors (Lipinski definition) is 1. The number of nitrogens with zero attached hydrogens (tertiary/aromatic N) is 2. The molecule has 0 aliphatic carbocycles. The molecule has 0 bridgehead atoms. The molecule has 0 atom stereocenters. The third-order valence-corrected chi connectivity index (χ3v) is 5.16. The second kappa shape index (κ2) is 8.31. The van der Waals surface area contributed by atoms with Crippen molar-refractivity contribution in [2.24, 2.45) is 0 Å². The zero-order chi connectivity index (χ0) is 20.2. The topological polar surface area (TPSA) is 46.9 Å². The minimum absolute atomic E-state index is 0.0921. The van der Waals surface area contributed by atoms with Gasteiger partial charge in [-0.2, -0.15) is 0 Å². The lowest BCUT2D eigenvalue weighted by Crippen LogP contribution is -2.24. The minimum Gasteiger partial charge on any atom is -0.345 e. The number of hydrogen-bond acceptors (Lipinski definition) is 2. The first-order valence-corrected chi connectivity index (χ1v) is 9.98. The highest BCUT2D eigenvalue weighted by atomic mass is 16.1. The molecule has 4 heteroatoms. The van der Waals surface area contributed by atoms with Gasteiger partial charge in [0.2, 0.25) is 0 Å². The van der Waals surface area contributed by atoms with E-state index in [9.17, 15) is 4.79 Å². The van der Waals surface area contributed by atoms with Crippen molar-refractivity contribution >= 4 is 16.9 Å². The van der Waals surface area contributed by atoms with Crippen LogP contribution in [0.3, 0.4) is 0 Å². The Hall–Kier alpha value is -3.40. The van der Waals surface area contributed by atoms with Crippen LogP contribution in [0.15, 0.2) is 78.9 Å². The molecule has 29 heavy (non-hydrogen) atoms.